The van der Waals surface area contributed by atoms with Gasteiger partial charge < -0.3 is 19.9 Å². The molecule has 212 valence electrons. The minimum absolute atomic E-state index is 0.0537. The second-order valence-electron chi connectivity index (χ2n) is 11.1. The summed E-state index contributed by atoms with van der Waals surface area (Å²) in [6.07, 6.45) is 4.98. The van der Waals surface area contributed by atoms with Crippen molar-refractivity contribution in [2.24, 2.45) is 18.9 Å². The Morgan fingerprint density at radius 1 is 1.12 bits per heavy atom. The van der Waals surface area contributed by atoms with Gasteiger partial charge in [-0.25, -0.2) is 4.98 Å². The number of rotatable bonds is 8. The summed E-state index contributed by atoms with van der Waals surface area (Å²) >= 11 is 6.95. The second kappa shape index (κ2) is 12.1. The average molecular weight is 562 g/mol. The van der Waals surface area contributed by atoms with Crippen LogP contribution in [0.1, 0.15) is 48.5 Å². The molecule has 8 heteroatoms. The SMILES string of the molecule is C=C(Nc1cccc(-c2cccc(NC)c2C)c1Cl)c1nc2c(n1C)CCN(CC1CCC(C(=O)OC)CC1)C2. The number of esters is 1. The summed E-state index contributed by atoms with van der Waals surface area (Å²) in [5.74, 6) is 1.47. The number of imidazole rings is 1. The zero-order valence-electron chi connectivity index (χ0n) is 24.0. The van der Waals surface area contributed by atoms with Gasteiger partial charge in [-0.2, -0.15) is 0 Å². The molecule has 1 aliphatic carbocycles. The summed E-state index contributed by atoms with van der Waals surface area (Å²) in [5.41, 5.74) is 8.23. The Morgan fingerprint density at radius 2 is 1.82 bits per heavy atom. The number of halogens is 1. The highest BCUT2D eigenvalue weighted by Gasteiger charge is 2.30. The van der Waals surface area contributed by atoms with E-state index in [-0.39, 0.29) is 11.9 Å². The van der Waals surface area contributed by atoms with Gasteiger partial charge in [-0.3, -0.25) is 9.69 Å². The third-order valence-electron chi connectivity index (χ3n) is 8.68. The van der Waals surface area contributed by atoms with Crippen LogP contribution in [0.4, 0.5) is 11.4 Å². The predicted octanol–water partition coefficient (Wildman–Crippen LogP) is 6.51. The lowest BCUT2D eigenvalue weighted by Gasteiger charge is -2.33. The van der Waals surface area contributed by atoms with Crippen molar-refractivity contribution < 1.29 is 9.53 Å². The van der Waals surface area contributed by atoms with E-state index in [0.717, 1.165) is 97.0 Å². The van der Waals surface area contributed by atoms with E-state index in [9.17, 15) is 4.79 Å². The van der Waals surface area contributed by atoms with Crippen LogP contribution in [0.15, 0.2) is 43.0 Å². The van der Waals surface area contributed by atoms with Crippen molar-refractivity contribution in [1.29, 1.82) is 0 Å². The molecule has 2 aromatic carbocycles. The van der Waals surface area contributed by atoms with Gasteiger partial charge in [-0.05, 0) is 61.8 Å². The smallest absolute Gasteiger partial charge is 0.308 e. The van der Waals surface area contributed by atoms with Gasteiger partial charge in [-0.15, -0.1) is 0 Å². The minimum atomic E-state index is -0.0537. The Balaban J connectivity index is 1.27. The minimum Gasteiger partial charge on any atom is -0.469 e. The van der Waals surface area contributed by atoms with Gasteiger partial charge in [-0.1, -0.05) is 42.4 Å². The lowest BCUT2D eigenvalue weighted by atomic mass is 9.81. The molecule has 3 aromatic rings. The van der Waals surface area contributed by atoms with Gasteiger partial charge in [0, 0.05) is 57.1 Å². The number of methoxy groups -OCH3 is 1. The number of hydrogen-bond acceptors (Lipinski definition) is 6. The van der Waals surface area contributed by atoms with Crippen molar-refractivity contribution in [1.82, 2.24) is 14.5 Å². The molecular weight excluding hydrogens is 522 g/mol. The summed E-state index contributed by atoms with van der Waals surface area (Å²) < 4.78 is 7.12. The van der Waals surface area contributed by atoms with E-state index in [1.807, 2.05) is 31.3 Å². The fourth-order valence-corrected chi connectivity index (χ4v) is 6.65. The molecule has 7 nitrogen and oxygen atoms in total. The Hall–Kier alpha value is -3.29. The molecule has 40 heavy (non-hydrogen) atoms. The largest absolute Gasteiger partial charge is 0.469 e. The van der Waals surface area contributed by atoms with Crippen LogP contribution in [0, 0.1) is 18.8 Å². The fourth-order valence-electron chi connectivity index (χ4n) is 6.37. The molecule has 5 rings (SSSR count). The first kappa shape index (κ1) is 28.2. The van der Waals surface area contributed by atoms with Gasteiger partial charge in [0.1, 0.15) is 0 Å². The number of fused-ring (bicyclic) bond motifs is 1. The summed E-state index contributed by atoms with van der Waals surface area (Å²) in [6.45, 7) is 9.35. The Kier molecular flexibility index (Phi) is 8.52. The van der Waals surface area contributed by atoms with Crippen molar-refractivity contribution >= 4 is 34.6 Å². The Labute approximate surface area is 242 Å². The number of ether oxygens (including phenoxy) is 1. The Bertz CT molecular complexity index is 1410. The molecule has 0 atom stereocenters. The maximum atomic E-state index is 11.9. The molecule has 0 radical (unpaired) electrons. The van der Waals surface area contributed by atoms with E-state index in [1.165, 1.54) is 12.8 Å². The molecule has 1 saturated carbocycles. The van der Waals surface area contributed by atoms with Crippen molar-refractivity contribution in [3.05, 3.63) is 70.8 Å². The number of aromatic nitrogens is 2. The number of hydrogen-bond donors (Lipinski definition) is 2. The van der Waals surface area contributed by atoms with Crippen LogP contribution in [0.5, 0.6) is 0 Å². The molecule has 0 spiro atoms. The maximum absolute atomic E-state index is 11.9. The highest BCUT2D eigenvalue weighted by atomic mass is 35.5. The van der Waals surface area contributed by atoms with Crippen molar-refractivity contribution in [3.63, 3.8) is 0 Å². The lowest BCUT2D eigenvalue weighted by Crippen LogP contribution is -2.36. The number of nitrogens with one attached hydrogen (secondary N) is 2. The third kappa shape index (κ3) is 5.63. The van der Waals surface area contributed by atoms with Gasteiger partial charge in [0.2, 0.25) is 0 Å². The topological polar surface area (TPSA) is 71.4 Å². The third-order valence-corrected chi connectivity index (χ3v) is 9.09. The molecule has 0 saturated heterocycles. The van der Waals surface area contributed by atoms with Crippen LogP contribution in [-0.2, 0) is 29.5 Å². The molecule has 2 N–H and O–H groups in total. The zero-order valence-corrected chi connectivity index (χ0v) is 24.8. The summed E-state index contributed by atoms with van der Waals surface area (Å²) in [5, 5.41) is 7.36. The lowest BCUT2D eigenvalue weighted by molar-refractivity contribution is -0.146. The first-order valence-corrected chi connectivity index (χ1v) is 14.6. The fraction of sp³-hybridized carbons (Fsp3) is 0.438. The quantitative estimate of drug-likeness (QED) is 0.305. The molecule has 0 amide bonds. The van der Waals surface area contributed by atoms with E-state index in [1.54, 1.807) is 0 Å². The average Bonchev–Trinajstić information content (AvgIpc) is 3.30. The predicted molar refractivity (Wildman–Crippen MR) is 163 cm³/mol. The first-order chi connectivity index (χ1) is 19.3. The number of anilines is 2. The molecule has 0 bridgehead atoms. The van der Waals surface area contributed by atoms with Gasteiger partial charge in [0.25, 0.3) is 0 Å². The van der Waals surface area contributed by atoms with Crippen LogP contribution >= 0.6 is 11.6 Å². The Morgan fingerprint density at radius 3 is 2.52 bits per heavy atom. The van der Waals surface area contributed by atoms with E-state index in [2.05, 4.69) is 52.8 Å². The van der Waals surface area contributed by atoms with Crippen LogP contribution in [0.25, 0.3) is 16.8 Å². The van der Waals surface area contributed by atoms with E-state index in [4.69, 9.17) is 21.3 Å². The second-order valence-corrected chi connectivity index (χ2v) is 11.5. The highest BCUT2D eigenvalue weighted by Crippen LogP contribution is 2.38. The van der Waals surface area contributed by atoms with E-state index in [0.29, 0.717) is 10.9 Å². The molecular formula is C32H40ClN5O2. The normalized spacial score (nSPS) is 19.1. The monoisotopic (exact) mass is 561 g/mol. The number of nitrogens with zero attached hydrogens (tertiary/aromatic N) is 3. The molecule has 1 aliphatic heterocycles. The van der Waals surface area contributed by atoms with Crippen molar-refractivity contribution in [2.75, 3.05) is 37.9 Å². The van der Waals surface area contributed by atoms with Gasteiger partial charge in [0.05, 0.1) is 35.1 Å². The molecule has 0 unspecified atom stereocenters. The first-order valence-electron chi connectivity index (χ1n) is 14.2. The van der Waals surface area contributed by atoms with Gasteiger partial charge in [0.15, 0.2) is 5.82 Å². The standard InChI is InChI=1S/C32H40ClN5O2/c1-20-24(8-6-10-26(20)34-3)25-9-7-11-27(30(25)33)35-21(2)31-36-28-19-38(17-16-29(28)37(31)4)18-22-12-14-23(15-13-22)32(39)40-5/h6-11,22-23,34-35H,2,12-19H2,1,3-5H3. The van der Waals surface area contributed by atoms with Crippen LogP contribution in [0.2, 0.25) is 5.02 Å². The molecule has 2 aliphatic rings. The van der Waals surface area contributed by atoms with Crippen LogP contribution in [-0.4, -0.2) is 47.7 Å². The molecule has 1 aromatic heterocycles. The number of carbonyl (C=O) groups excluding carboxylic acids is 1. The summed E-state index contributed by atoms with van der Waals surface area (Å²) in [4.78, 5) is 19.4. The van der Waals surface area contributed by atoms with Crippen LogP contribution in [0.3, 0.4) is 0 Å². The summed E-state index contributed by atoms with van der Waals surface area (Å²) in [7, 11) is 5.49. The van der Waals surface area contributed by atoms with Gasteiger partial charge >= 0.3 is 5.97 Å². The zero-order chi connectivity index (χ0) is 28.4. The van der Waals surface area contributed by atoms with Crippen molar-refractivity contribution in [3.8, 4) is 11.1 Å². The maximum Gasteiger partial charge on any atom is 0.308 e. The van der Waals surface area contributed by atoms with Crippen molar-refractivity contribution in [2.45, 2.75) is 45.6 Å². The van der Waals surface area contributed by atoms with E-state index < -0.39 is 0 Å². The van der Waals surface area contributed by atoms with Crippen LogP contribution < -0.4 is 10.6 Å². The molecule has 2 heterocycles. The highest BCUT2D eigenvalue weighted by molar-refractivity contribution is 6.36. The summed E-state index contributed by atoms with van der Waals surface area (Å²) in [6, 6.07) is 12.2. The molecule has 1 fully saturated rings. The van der Waals surface area contributed by atoms with E-state index >= 15 is 0 Å². The number of benzene rings is 2. The number of carbonyl (C=O) groups is 1.